The second-order valence-corrected chi connectivity index (χ2v) is 5.93. The van der Waals surface area contributed by atoms with Crippen molar-refractivity contribution >= 4 is 5.69 Å². The zero-order valence-electron chi connectivity index (χ0n) is 12.8. The van der Waals surface area contributed by atoms with E-state index in [2.05, 4.69) is 62.2 Å². The van der Waals surface area contributed by atoms with Gasteiger partial charge in [-0.3, -0.25) is 0 Å². The summed E-state index contributed by atoms with van der Waals surface area (Å²) < 4.78 is 0. The lowest BCUT2D eigenvalue weighted by Gasteiger charge is -2.45. The summed E-state index contributed by atoms with van der Waals surface area (Å²) in [5, 5.41) is 3.71. The number of hydrogen-bond donors (Lipinski definition) is 1. The lowest BCUT2D eigenvalue weighted by Crippen LogP contribution is -2.53. The number of nitrogens with zero attached hydrogens (tertiary/aromatic N) is 1. The number of anilines is 1. The van der Waals surface area contributed by atoms with Gasteiger partial charge in [0.2, 0.25) is 0 Å². The van der Waals surface area contributed by atoms with Crippen molar-refractivity contribution in [2.75, 3.05) is 18.0 Å². The van der Waals surface area contributed by atoms with Crippen LogP contribution in [0.25, 0.3) is 0 Å². The lowest BCUT2D eigenvalue weighted by molar-refractivity contribution is 0.271. The van der Waals surface area contributed by atoms with Crippen LogP contribution < -0.4 is 10.2 Å². The van der Waals surface area contributed by atoms with E-state index in [1.165, 1.54) is 24.1 Å². The predicted molar refractivity (Wildman–Crippen MR) is 83.8 cm³/mol. The first kappa shape index (κ1) is 14.4. The first-order valence-electron chi connectivity index (χ1n) is 7.70. The molecule has 1 fully saturated rings. The molecule has 2 rings (SSSR count). The summed E-state index contributed by atoms with van der Waals surface area (Å²) in [5.74, 6) is 0.694. The highest BCUT2D eigenvalue weighted by molar-refractivity contribution is 5.54. The summed E-state index contributed by atoms with van der Waals surface area (Å²) in [7, 11) is 0. The predicted octanol–water partition coefficient (Wildman–Crippen LogP) is 3.60. The van der Waals surface area contributed by atoms with Crippen LogP contribution in [-0.2, 0) is 0 Å². The van der Waals surface area contributed by atoms with Gasteiger partial charge >= 0.3 is 0 Å². The van der Waals surface area contributed by atoms with E-state index in [1.54, 1.807) is 0 Å². The van der Waals surface area contributed by atoms with Crippen LogP contribution in [0, 0.1) is 12.8 Å². The summed E-state index contributed by atoms with van der Waals surface area (Å²) in [4.78, 5) is 2.59. The average Bonchev–Trinajstić information content (AvgIpc) is 2.42. The maximum Gasteiger partial charge on any atom is 0.0398 e. The number of hydrogen-bond acceptors (Lipinski definition) is 2. The molecule has 1 saturated heterocycles. The highest BCUT2D eigenvalue weighted by atomic mass is 15.2. The van der Waals surface area contributed by atoms with Gasteiger partial charge < -0.3 is 10.2 Å². The number of para-hydroxylation sites is 1. The Bertz CT molecular complexity index is 402. The number of benzene rings is 1. The first-order chi connectivity index (χ1) is 9.15. The first-order valence-corrected chi connectivity index (χ1v) is 7.70. The van der Waals surface area contributed by atoms with E-state index in [1.807, 2.05) is 0 Å². The highest BCUT2D eigenvalue weighted by Crippen LogP contribution is 2.30. The van der Waals surface area contributed by atoms with Gasteiger partial charge in [-0.2, -0.15) is 0 Å². The fraction of sp³-hybridized carbons (Fsp3) is 0.647. The standard InChI is InChI=1S/C17H28N2/c1-5-11-18-16-10-12-19(15(4)14(16)3)17-9-7-6-8-13(17)2/h6-9,14-16,18H,5,10-12H2,1-4H3. The Morgan fingerprint density at radius 2 is 2.00 bits per heavy atom. The van der Waals surface area contributed by atoms with Crippen molar-refractivity contribution in [3.63, 3.8) is 0 Å². The number of aryl methyl sites for hydroxylation is 1. The summed E-state index contributed by atoms with van der Waals surface area (Å²) >= 11 is 0. The van der Waals surface area contributed by atoms with E-state index in [0.29, 0.717) is 18.0 Å². The van der Waals surface area contributed by atoms with E-state index in [9.17, 15) is 0 Å². The third-order valence-electron chi connectivity index (χ3n) is 4.65. The van der Waals surface area contributed by atoms with Crippen molar-refractivity contribution in [1.82, 2.24) is 5.32 Å². The maximum atomic E-state index is 3.71. The smallest absolute Gasteiger partial charge is 0.0398 e. The van der Waals surface area contributed by atoms with Crippen molar-refractivity contribution in [3.05, 3.63) is 29.8 Å². The SMILES string of the molecule is CCCNC1CCN(c2ccccc2C)C(C)C1C. The second-order valence-electron chi connectivity index (χ2n) is 5.93. The van der Waals surface area contributed by atoms with Crippen LogP contribution >= 0.6 is 0 Å². The largest absolute Gasteiger partial charge is 0.368 e. The third-order valence-corrected chi connectivity index (χ3v) is 4.65. The monoisotopic (exact) mass is 260 g/mol. The summed E-state index contributed by atoms with van der Waals surface area (Å²) in [6, 6.07) is 10.0. The molecule has 1 aliphatic heterocycles. The van der Waals surface area contributed by atoms with E-state index in [4.69, 9.17) is 0 Å². The van der Waals surface area contributed by atoms with Gasteiger partial charge in [0.1, 0.15) is 0 Å². The summed E-state index contributed by atoms with van der Waals surface area (Å²) in [6.45, 7) is 11.5. The third kappa shape index (κ3) is 3.11. The van der Waals surface area contributed by atoms with Gasteiger partial charge in [-0.05, 0) is 50.8 Å². The van der Waals surface area contributed by atoms with Gasteiger partial charge in [0.05, 0.1) is 0 Å². The van der Waals surface area contributed by atoms with Gasteiger partial charge in [-0.15, -0.1) is 0 Å². The van der Waals surface area contributed by atoms with Crippen molar-refractivity contribution in [2.45, 2.75) is 52.6 Å². The van der Waals surface area contributed by atoms with Crippen LogP contribution in [0.3, 0.4) is 0 Å². The highest BCUT2D eigenvalue weighted by Gasteiger charge is 2.32. The Balaban J connectivity index is 2.09. The minimum Gasteiger partial charge on any atom is -0.368 e. The Labute approximate surface area is 118 Å². The van der Waals surface area contributed by atoms with Crippen LogP contribution in [0.5, 0.6) is 0 Å². The maximum absolute atomic E-state index is 3.71. The molecule has 0 spiro atoms. The Morgan fingerprint density at radius 1 is 1.26 bits per heavy atom. The van der Waals surface area contributed by atoms with Crippen LogP contribution in [0.2, 0.25) is 0 Å². The molecule has 0 aromatic heterocycles. The molecule has 2 heteroatoms. The van der Waals surface area contributed by atoms with Crippen molar-refractivity contribution in [2.24, 2.45) is 5.92 Å². The molecule has 19 heavy (non-hydrogen) atoms. The van der Waals surface area contributed by atoms with Crippen LogP contribution in [0.15, 0.2) is 24.3 Å². The number of nitrogens with one attached hydrogen (secondary N) is 1. The second kappa shape index (κ2) is 6.42. The van der Waals surface area contributed by atoms with Crippen molar-refractivity contribution < 1.29 is 0 Å². The molecule has 0 bridgehead atoms. The minimum atomic E-state index is 0.601. The molecule has 2 nitrogen and oxygen atoms in total. The molecule has 1 aromatic rings. The number of rotatable bonds is 4. The molecule has 0 radical (unpaired) electrons. The van der Waals surface area contributed by atoms with Gasteiger partial charge in [-0.1, -0.05) is 32.0 Å². The molecule has 0 amide bonds. The molecular formula is C17H28N2. The number of piperidine rings is 1. The molecule has 3 unspecified atom stereocenters. The van der Waals surface area contributed by atoms with Gasteiger partial charge in [0, 0.05) is 24.3 Å². The lowest BCUT2D eigenvalue weighted by atomic mass is 9.86. The fourth-order valence-corrected chi connectivity index (χ4v) is 3.21. The molecule has 1 aliphatic rings. The summed E-state index contributed by atoms with van der Waals surface area (Å²) in [6.07, 6.45) is 2.47. The molecule has 3 atom stereocenters. The van der Waals surface area contributed by atoms with Crippen LogP contribution in [0.4, 0.5) is 5.69 Å². The quantitative estimate of drug-likeness (QED) is 0.890. The zero-order chi connectivity index (χ0) is 13.8. The molecule has 1 aromatic carbocycles. The molecule has 106 valence electrons. The molecule has 0 saturated carbocycles. The Morgan fingerprint density at radius 3 is 2.68 bits per heavy atom. The van der Waals surface area contributed by atoms with Crippen LogP contribution in [0.1, 0.15) is 39.2 Å². The van der Waals surface area contributed by atoms with E-state index in [-0.39, 0.29) is 0 Å². The molecule has 1 heterocycles. The molecular weight excluding hydrogens is 232 g/mol. The van der Waals surface area contributed by atoms with Gasteiger partial charge in [0.15, 0.2) is 0 Å². The fourth-order valence-electron chi connectivity index (χ4n) is 3.21. The van der Waals surface area contributed by atoms with E-state index in [0.717, 1.165) is 13.1 Å². The topological polar surface area (TPSA) is 15.3 Å². The zero-order valence-corrected chi connectivity index (χ0v) is 12.8. The van der Waals surface area contributed by atoms with Crippen molar-refractivity contribution in [3.8, 4) is 0 Å². The Kier molecular flexibility index (Phi) is 4.87. The minimum absolute atomic E-state index is 0.601. The van der Waals surface area contributed by atoms with Crippen molar-refractivity contribution in [1.29, 1.82) is 0 Å². The summed E-state index contributed by atoms with van der Waals surface area (Å²) in [5.41, 5.74) is 2.80. The average molecular weight is 260 g/mol. The van der Waals surface area contributed by atoms with Crippen LogP contribution in [-0.4, -0.2) is 25.2 Å². The Hall–Kier alpha value is -1.02. The van der Waals surface area contributed by atoms with Gasteiger partial charge in [-0.25, -0.2) is 0 Å². The van der Waals surface area contributed by atoms with E-state index >= 15 is 0 Å². The molecule has 0 aliphatic carbocycles. The normalized spacial score (nSPS) is 27.6. The van der Waals surface area contributed by atoms with E-state index < -0.39 is 0 Å². The molecule has 1 N–H and O–H groups in total. The van der Waals surface area contributed by atoms with Gasteiger partial charge in [0.25, 0.3) is 0 Å².